The molecule has 0 amide bonds. The molecule has 1 atom stereocenters. The summed E-state index contributed by atoms with van der Waals surface area (Å²) in [4.78, 5) is 6.42. The van der Waals surface area contributed by atoms with Crippen LogP contribution in [-0.4, -0.2) is 16.0 Å². The van der Waals surface area contributed by atoms with Crippen molar-refractivity contribution in [2.75, 3.05) is 0 Å². The molecule has 80 valence electrons. The van der Waals surface area contributed by atoms with Crippen molar-refractivity contribution in [1.29, 1.82) is 0 Å². The van der Waals surface area contributed by atoms with Gasteiger partial charge >= 0.3 is 0 Å². The van der Waals surface area contributed by atoms with Crippen LogP contribution in [0.2, 0.25) is 0 Å². The van der Waals surface area contributed by atoms with E-state index < -0.39 is 0 Å². The molecule has 1 aliphatic rings. The number of nitrogens with one attached hydrogen (secondary N) is 1. The van der Waals surface area contributed by atoms with Gasteiger partial charge in [-0.05, 0) is 25.7 Å². The number of nitrogens with two attached hydrogens (primary N) is 1. The summed E-state index contributed by atoms with van der Waals surface area (Å²) < 4.78 is 0. The standard InChI is InChI=1S/C8H17N.C3H4N2/c1-7(9)8-5-3-2-4-6-8;1-2-5-3-4-1/h7-8H,2-6,9H2,1H3;1-3H,(H,4,5)/t7-;/m1./s1. The molecule has 0 bridgehead atoms. The van der Waals surface area contributed by atoms with Gasteiger partial charge in [0.1, 0.15) is 0 Å². The van der Waals surface area contributed by atoms with Crippen LogP contribution in [-0.2, 0) is 0 Å². The topological polar surface area (TPSA) is 54.7 Å². The predicted molar refractivity (Wildman–Crippen MR) is 58.8 cm³/mol. The van der Waals surface area contributed by atoms with Gasteiger partial charge in [0.15, 0.2) is 0 Å². The molecule has 1 aromatic heterocycles. The van der Waals surface area contributed by atoms with Gasteiger partial charge in [0, 0.05) is 18.4 Å². The van der Waals surface area contributed by atoms with Gasteiger partial charge < -0.3 is 10.7 Å². The van der Waals surface area contributed by atoms with E-state index in [0.717, 1.165) is 5.92 Å². The number of hydrogen-bond donors (Lipinski definition) is 2. The van der Waals surface area contributed by atoms with Crippen molar-refractivity contribution in [3.05, 3.63) is 18.7 Å². The lowest BCUT2D eigenvalue weighted by Crippen LogP contribution is -2.27. The molecular formula is C11H21N3. The molecule has 0 aliphatic heterocycles. The molecule has 1 aliphatic carbocycles. The van der Waals surface area contributed by atoms with Crippen molar-refractivity contribution in [1.82, 2.24) is 9.97 Å². The van der Waals surface area contributed by atoms with Crippen LogP contribution in [0.1, 0.15) is 39.0 Å². The molecule has 1 aromatic rings. The predicted octanol–water partition coefficient (Wildman–Crippen LogP) is 2.32. The Bertz CT molecular complexity index is 183. The van der Waals surface area contributed by atoms with E-state index in [1.54, 1.807) is 18.7 Å². The molecule has 0 unspecified atom stereocenters. The van der Waals surface area contributed by atoms with Crippen molar-refractivity contribution in [3.63, 3.8) is 0 Å². The highest BCUT2D eigenvalue weighted by atomic mass is 14.8. The van der Waals surface area contributed by atoms with E-state index in [1.807, 2.05) is 0 Å². The Kier molecular flexibility index (Phi) is 5.30. The number of imidazole rings is 1. The molecule has 1 fully saturated rings. The Morgan fingerprint density at radius 2 is 2.07 bits per heavy atom. The Morgan fingerprint density at radius 1 is 1.36 bits per heavy atom. The van der Waals surface area contributed by atoms with Gasteiger partial charge in [-0.2, -0.15) is 0 Å². The number of aromatic nitrogens is 2. The highest BCUT2D eigenvalue weighted by molar-refractivity contribution is 4.72. The fourth-order valence-electron chi connectivity index (χ4n) is 1.88. The minimum Gasteiger partial charge on any atom is -0.351 e. The van der Waals surface area contributed by atoms with Gasteiger partial charge in [-0.3, -0.25) is 0 Å². The summed E-state index contributed by atoms with van der Waals surface area (Å²) in [6, 6.07) is 0.435. The third kappa shape index (κ3) is 4.42. The second-order valence-corrected chi connectivity index (χ2v) is 4.02. The summed E-state index contributed by atoms with van der Waals surface area (Å²) in [6.45, 7) is 2.13. The molecule has 0 spiro atoms. The van der Waals surface area contributed by atoms with Crippen LogP contribution in [0.25, 0.3) is 0 Å². The molecule has 14 heavy (non-hydrogen) atoms. The Morgan fingerprint density at radius 3 is 2.36 bits per heavy atom. The highest BCUT2D eigenvalue weighted by Crippen LogP contribution is 2.25. The van der Waals surface area contributed by atoms with Gasteiger partial charge in [-0.15, -0.1) is 0 Å². The van der Waals surface area contributed by atoms with Crippen LogP contribution in [0.4, 0.5) is 0 Å². The van der Waals surface area contributed by atoms with Crippen LogP contribution >= 0.6 is 0 Å². The monoisotopic (exact) mass is 195 g/mol. The van der Waals surface area contributed by atoms with E-state index in [9.17, 15) is 0 Å². The van der Waals surface area contributed by atoms with Crippen LogP contribution in [0.5, 0.6) is 0 Å². The smallest absolute Gasteiger partial charge is 0.0919 e. The van der Waals surface area contributed by atoms with Gasteiger partial charge in [0.05, 0.1) is 6.33 Å². The molecule has 3 N–H and O–H groups in total. The van der Waals surface area contributed by atoms with E-state index in [4.69, 9.17) is 5.73 Å². The maximum absolute atomic E-state index is 5.77. The normalized spacial score (nSPS) is 19.6. The van der Waals surface area contributed by atoms with Crippen LogP contribution in [0.3, 0.4) is 0 Å². The summed E-state index contributed by atoms with van der Waals surface area (Å²) in [5.74, 6) is 0.832. The lowest BCUT2D eigenvalue weighted by Gasteiger charge is -2.24. The van der Waals surface area contributed by atoms with Gasteiger partial charge in [-0.25, -0.2) is 4.98 Å². The van der Waals surface area contributed by atoms with E-state index >= 15 is 0 Å². The van der Waals surface area contributed by atoms with Crippen LogP contribution in [0.15, 0.2) is 18.7 Å². The fourth-order valence-corrected chi connectivity index (χ4v) is 1.88. The molecule has 1 heterocycles. The molecule has 3 heteroatoms. The second kappa shape index (κ2) is 6.60. The maximum atomic E-state index is 5.77. The first-order valence-corrected chi connectivity index (χ1v) is 5.49. The summed E-state index contributed by atoms with van der Waals surface area (Å²) in [5, 5.41) is 0. The number of H-pyrrole nitrogens is 1. The Labute approximate surface area is 86.1 Å². The molecule has 2 rings (SSSR count). The Hall–Kier alpha value is -0.830. The van der Waals surface area contributed by atoms with Crippen molar-refractivity contribution in [2.45, 2.75) is 45.1 Å². The van der Waals surface area contributed by atoms with Crippen LogP contribution < -0.4 is 5.73 Å². The number of hydrogen-bond acceptors (Lipinski definition) is 2. The molecule has 0 radical (unpaired) electrons. The third-order valence-corrected chi connectivity index (χ3v) is 2.80. The second-order valence-electron chi connectivity index (χ2n) is 4.02. The summed E-state index contributed by atoms with van der Waals surface area (Å²) in [5.41, 5.74) is 5.77. The lowest BCUT2D eigenvalue weighted by molar-refractivity contribution is 0.316. The van der Waals surface area contributed by atoms with Crippen molar-refractivity contribution in [3.8, 4) is 0 Å². The maximum Gasteiger partial charge on any atom is 0.0919 e. The molecule has 0 saturated heterocycles. The Balaban J connectivity index is 0.000000165. The fraction of sp³-hybridized carbons (Fsp3) is 0.727. The first-order valence-electron chi connectivity index (χ1n) is 5.49. The lowest BCUT2D eigenvalue weighted by atomic mass is 9.85. The zero-order valence-corrected chi connectivity index (χ0v) is 8.95. The zero-order valence-electron chi connectivity index (χ0n) is 8.95. The average Bonchev–Trinajstić information content (AvgIpc) is 2.77. The van der Waals surface area contributed by atoms with Crippen molar-refractivity contribution < 1.29 is 0 Å². The number of nitrogens with zero attached hydrogens (tertiary/aromatic N) is 1. The summed E-state index contributed by atoms with van der Waals surface area (Å²) in [7, 11) is 0. The molecule has 3 nitrogen and oxygen atoms in total. The minimum atomic E-state index is 0.435. The first kappa shape index (κ1) is 11.2. The quantitative estimate of drug-likeness (QED) is 0.722. The molecule has 1 saturated carbocycles. The third-order valence-electron chi connectivity index (χ3n) is 2.80. The SMILES string of the molecule is C[C@@H](N)C1CCCCC1.c1c[nH]cn1. The first-order chi connectivity index (χ1) is 6.80. The summed E-state index contributed by atoms with van der Waals surface area (Å²) >= 11 is 0. The molecular weight excluding hydrogens is 174 g/mol. The van der Waals surface area contributed by atoms with Gasteiger partial charge in [0.25, 0.3) is 0 Å². The molecule has 0 aromatic carbocycles. The van der Waals surface area contributed by atoms with E-state index in [1.165, 1.54) is 32.1 Å². The van der Waals surface area contributed by atoms with E-state index in [2.05, 4.69) is 16.9 Å². The van der Waals surface area contributed by atoms with Gasteiger partial charge in [-0.1, -0.05) is 19.3 Å². The highest BCUT2D eigenvalue weighted by Gasteiger charge is 2.16. The summed E-state index contributed by atoms with van der Waals surface area (Å²) in [6.07, 6.45) is 12.1. The average molecular weight is 195 g/mol. The number of aromatic amines is 1. The van der Waals surface area contributed by atoms with Gasteiger partial charge in [0.2, 0.25) is 0 Å². The number of rotatable bonds is 1. The zero-order chi connectivity index (χ0) is 10.2. The minimum absolute atomic E-state index is 0.435. The van der Waals surface area contributed by atoms with Crippen molar-refractivity contribution in [2.24, 2.45) is 11.7 Å². The van der Waals surface area contributed by atoms with E-state index in [0.29, 0.717) is 6.04 Å². The van der Waals surface area contributed by atoms with Crippen LogP contribution in [0, 0.1) is 5.92 Å². The van der Waals surface area contributed by atoms with Crippen molar-refractivity contribution >= 4 is 0 Å². The van der Waals surface area contributed by atoms with E-state index in [-0.39, 0.29) is 0 Å². The largest absolute Gasteiger partial charge is 0.351 e.